The van der Waals surface area contributed by atoms with E-state index in [-0.39, 0.29) is 5.91 Å². The summed E-state index contributed by atoms with van der Waals surface area (Å²) in [6.07, 6.45) is 4.83. The number of carbonyl (C=O) groups is 1. The fourth-order valence-electron chi connectivity index (χ4n) is 2.56. The molecule has 0 spiro atoms. The van der Waals surface area contributed by atoms with E-state index in [0.29, 0.717) is 29.0 Å². The van der Waals surface area contributed by atoms with Crippen LogP contribution in [0.2, 0.25) is 10.0 Å². The lowest BCUT2D eigenvalue weighted by atomic mass is 10.2. The van der Waals surface area contributed by atoms with Gasteiger partial charge in [-0.05, 0) is 48.4 Å². The summed E-state index contributed by atoms with van der Waals surface area (Å²) in [7, 11) is 0. The first-order valence-electron chi connectivity index (χ1n) is 8.73. The Hall–Kier alpha value is -2.76. The highest BCUT2D eigenvalue weighted by Crippen LogP contribution is 2.22. The van der Waals surface area contributed by atoms with Crippen molar-refractivity contribution in [2.75, 3.05) is 11.9 Å². The molecule has 3 rings (SSSR count). The molecule has 144 valence electrons. The van der Waals surface area contributed by atoms with Crippen molar-refractivity contribution in [1.82, 2.24) is 9.78 Å². The van der Waals surface area contributed by atoms with Gasteiger partial charge in [-0.2, -0.15) is 5.10 Å². The van der Waals surface area contributed by atoms with Crippen LogP contribution in [-0.2, 0) is 11.3 Å². The van der Waals surface area contributed by atoms with Gasteiger partial charge in [-0.25, -0.2) is 4.68 Å². The molecule has 0 unspecified atom stereocenters. The SMILES string of the molecule is CCOc1ccc(/C=C/C(=O)Nc2ccnn2Cc2ccc(Cl)cc2Cl)cc1. The highest BCUT2D eigenvalue weighted by Gasteiger charge is 2.08. The fourth-order valence-corrected chi connectivity index (χ4v) is 3.03. The van der Waals surface area contributed by atoms with Gasteiger partial charge in [0.25, 0.3) is 0 Å². The molecule has 5 nitrogen and oxygen atoms in total. The molecule has 1 aromatic heterocycles. The number of hydrogen-bond donors (Lipinski definition) is 1. The number of amides is 1. The second kappa shape index (κ2) is 9.44. The molecular formula is C21H19Cl2N3O2. The third-order valence-electron chi connectivity index (χ3n) is 3.92. The Morgan fingerprint density at radius 3 is 2.68 bits per heavy atom. The van der Waals surface area contributed by atoms with Gasteiger partial charge in [0, 0.05) is 22.2 Å². The topological polar surface area (TPSA) is 56.1 Å². The maximum absolute atomic E-state index is 12.3. The second-order valence-corrected chi connectivity index (χ2v) is 6.78. The summed E-state index contributed by atoms with van der Waals surface area (Å²) < 4.78 is 7.07. The predicted octanol–water partition coefficient (Wildman–Crippen LogP) is 5.29. The fraction of sp³-hybridized carbons (Fsp3) is 0.143. The summed E-state index contributed by atoms with van der Waals surface area (Å²) in [5.41, 5.74) is 1.76. The van der Waals surface area contributed by atoms with Gasteiger partial charge < -0.3 is 10.1 Å². The molecule has 28 heavy (non-hydrogen) atoms. The molecule has 1 amide bonds. The Kier molecular flexibility index (Phi) is 6.74. The Balaban J connectivity index is 1.64. The lowest BCUT2D eigenvalue weighted by Gasteiger charge is -2.09. The van der Waals surface area contributed by atoms with Gasteiger partial charge in [0.05, 0.1) is 19.3 Å². The van der Waals surface area contributed by atoms with Gasteiger partial charge >= 0.3 is 0 Å². The number of rotatable bonds is 7. The molecule has 0 aliphatic carbocycles. The number of nitrogens with one attached hydrogen (secondary N) is 1. The zero-order valence-electron chi connectivity index (χ0n) is 15.2. The van der Waals surface area contributed by atoms with E-state index in [1.165, 1.54) is 6.08 Å². The lowest BCUT2D eigenvalue weighted by Crippen LogP contribution is -2.14. The van der Waals surface area contributed by atoms with Crippen molar-refractivity contribution in [2.24, 2.45) is 0 Å². The molecule has 0 fully saturated rings. The van der Waals surface area contributed by atoms with Gasteiger partial charge in [0.2, 0.25) is 5.91 Å². The molecule has 0 radical (unpaired) electrons. The van der Waals surface area contributed by atoms with E-state index in [1.807, 2.05) is 37.3 Å². The monoisotopic (exact) mass is 415 g/mol. The third-order valence-corrected chi connectivity index (χ3v) is 4.51. The standard InChI is InChI=1S/C21H19Cl2N3O2/c1-2-28-18-8-3-15(4-9-18)5-10-21(27)25-20-11-12-24-26(20)14-16-6-7-17(22)13-19(16)23/h3-13H,2,14H2,1H3,(H,25,27)/b10-5+. The van der Waals surface area contributed by atoms with Gasteiger partial charge in [0.15, 0.2) is 0 Å². The van der Waals surface area contributed by atoms with Crippen molar-refractivity contribution in [2.45, 2.75) is 13.5 Å². The minimum absolute atomic E-state index is 0.252. The number of benzene rings is 2. The Labute approximate surface area is 173 Å². The summed E-state index contributed by atoms with van der Waals surface area (Å²) in [4.78, 5) is 12.3. The van der Waals surface area contributed by atoms with Crippen LogP contribution in [0.4, 0.5) is 5.82 Å². The molecule has 0 saturated carbocycles. The smallest absolute Gasteiger partial charge is 0.249 e. The number of carbonyl (C=O) groups excluding carboxylic acids is 1. The van der Waals surface area contributed by atoms with E-state index < -0.39 is 0 Å². The molecular weight excluding hydrogens is 397 g/mol. The average Bonchev–Trinajstić information content (AvgIpc) is 3.10. The second-order valence-electron chi connectivity index (χ2n) is 5.93. The largest absolute Gasteiger partial charge is 0.494 e. The molecule has 0 aliphatic heterocycles. The Morgan fingerprint density at radius 2 is 1.96 bits per heavy atom. The summed E-state index contributed by atoms with van der Waals surface area (Å²) in [5, 5.41) is 8.19. The van der Waals surface area contributed by atoms with E-state index in [2.05, 4.69) is 10.4 Å². The van der Waals surface area contributed by atoms with Crippen molar-refractivity contribution in [3.05, 3.63) is 82.0 Å². The maximum atomic E-state index is 12.3. The number of nitrogens with zero attached hydrogens (tertiary/aromatic N) is 2. The zero-order valence-corrected chi connectivity index (χ0v) is 16.7. The van der Waals surface area contributed by atoms with Crippen molar-refractivity contribution in [1.29, 1.82) is 0 Å². The number of ether oxygens (including phenoxy) is 1. The van der Waals surface area contributed by atoms with Crippen molar-refractivity contribution >= 4 is 41.0 Å². The molecule has 2 aromatic carbocycles. The normalized spacial score (nSPS) is 11.0. The summed E-state index contributed by atoms with van der Waals surface area (Å²) in [6.45, 7) is 2.97. The zero-order chi connectivity index (χ0) is 19.9. The van der Waals surface area contributed by atoms with Crippen LogP contribution in [0.1, 0.15) is 18.1 Å². The lowest BCUT2D eigenvalue weighted by molar-refractivity contribution is -0.111. The molecule has 0 bridgehead atoms. The molecule has 1 N–H and O–H groups in total. The van der Waals surface area contributed by atoms with Crippen molar-refractivity contribution in [3.8, 4) is 5.75 Å². The van der Waals surface area contributed by atoms with Crippen LogP contribution >= 0.6 is 23.2 Å². The number of anilines is 1. The van der Waals surface area contributed by atoms with E-state index in [9.17, 15) is 4.79 Å². The highest BCUT2D eigenvalue weighted by atomic mass is 35.5. The van der Waals surface area contributed by atoms with Crippen LogP contribution in [-0.4, -0.2) is 22.3 Å². The van der Waals surface area contributed by atoms with Crippen LogP contribution in [0.15, 0.2) is 60.8 Å². The van der Waals surface area contributed by atoms with Crippen LogP contribution in [0, 0.1) is 0 Å². The molecule has 0 atom stereocenters. The van der Waals surface area contributed by atoms with Crippen LogP contribution in [0.25, 0.3) is 6.08 Å². The first-order valence-corrected chi connectivity index (χ1v) is 9.48. The minimum atomic E-state index is -0.252. The van der Waals surface area contributed by atoms with E-state index >= 15 is 0 Å². The number of halogens is 2. The number of hydrogen-bond acceptors (Lipinski definition) is 3. The van der Waals surface area contributed by atoms with Crippen molar-refractivity contribution in [3.63, 3.8) is 0 Å². The molecule has 7 heteroatoms. The van der Waals surface area contributed by atoms with Gasteiger partial charge in [-0.1, -0.05) is 41.4 Å². The van der Waals surface area contributed by atoms with Gasteiger partial charge in [-0.3, -0.25) is 4.79 Å². The van der Waals surface area contributed by atoms with E-state index in [4.69, 9.17) is 27.9 Å². The molecule has 3 aromatic rings. The maximum Gasteiger partial charge on any atom is 0.249 e. The molecule has 0 saturated heterocycles. The Morgan fingerprint density at radius 1 is 1.18 bits per heavy atom. The predicted molar refractivity (Wildman–Crippen MR) is 113 cm³/mol. The summed E-state index contributed by atoms with van der Waals surface area (Å²) >= 11 is 12.1. The van der Waals surface area contributed by atoms with Gasteiger partial charge in [-0.15, -0.1) is 0 Å². The van der Waals surface area contributed by atoms with Crippen molar-refractivity contribution < 1.29 is 9.53 Å². The molecule has 1 heterocycles. The molecule has 0 aliphatic rings. The minimum Gasteiger partial charge on any atom is -0.494 e. The quantitative estimate of drug-likeness (QED) is 0.533. The van der Waals surface area contributed by atoms with Crippen LogP contribution < -0.4 is 10.1 Å². The van der Waals surface area contributed by atoms with Crippen LogP contribution in [0.3, 0.4) is 0 Å². The van der Waals surface area contributed by atoms with Crippen LogP contribution in [0.5, 0.6) is 5.75 Å². The van der Waals surface area contributed by atoms with Gasteiger partial charge in [0.1, 0.15) is 11.6 Å². The average molecular weight is 416 g/mol. The Bertz CT molecular complexity index is 982. The summed E-state index contributed by atoms with van der Waals surface area (Å²) in [6, 6.07) is 14.5. The third kappa shape index (κ3) is 5.38. The first-order chi connectivity index (χ1) is 13.5. The van der Waals surface area contributed by atoms with E-state index in [1.54, 1.807) is 35.2 Å². The van der Waals surface area contributed by atoms with E-state index in [0.717, 1.165) is 16.9 Å². The first kappa shape index (κ1) is 20.0. The number of aromatic nitrogens is 2. The summed E-state index contributed by atoms with van der Waals surface area (Å²) in [5.74, 6) is 1.12. The highest BCUT2D eigenvalue weighted by molar-refractivity contribution is 6.35.